The highest BCUT2D eigenvalue weighted by Crippen LogP contribution is 2.39. The molecule has 0 spiro atoms. The minimum Gasteiger partial charge on any atom is -0.497 e. The maximum atomic E-state index is 13.0. The van der Waals surface area contributed by atoms with E-state index in [0.29, 0.717) is 23.6 Å². The summed E-state index contributed by atoms with van der Waals surface area (Å²) in [6.07, 6.45) is 3.89. The molecule has 1 aromatic carbocycles. The standard InChI is InChI=1S/C22H22N2O5/c1-28-15-7-6-14-11-24(20(26)16(14)9-15)12-22(10-19(25)23-21(22)27)18-8-13-4-2-3-5-17(13)29-18/h6-9H,2-5,10-12H2,1H3,(H,23,25,27)/t22-/m1/s1. The summed E-state index contributed by atoms with van der Waals surface area (Å²) in [6, 6.07) is 7.32. The van der Waals surface area contributed by atoms with Crippen LogP contribution in [-0.4, -0.2) is 36.3 Å². The maximum Gasteiger partial charge on any atom is 0.254 e. The van der Waals surface area contributed by atoms with Gasteiger partial charge in [-0.15, -0.1) is 0 Å². The van der Waals surface area contributed by atoms with Crippen molar-refractivity contribution in [3.63, 3.8) is 0 Å². The molecule has 1 aliphatic carbocycles. The fourth-order valence-corrected chi connectivity index (χ4v) is 4.70. The van der Waals surface area contributed by atoms with Crippen molar-refractivity contribution < 1.29 is 23.5 Å². The van der Waals surface area contributed by atoms with Gasteiger partial charge in [-0.3, -0.25) is 19.7 Å². The highest BCUT2D eigenvalue weighted by molar-refractivity contribution is 6.09. The van der Waals surface area contributed by atoms with Gasteiger partial charge in [0.05, 0.1) is 13.5 Å². The zero-order valence-electron chi connectivity index (χ0n) is 16.2. The predicted molar refractivity (Wildman–Crippen MR) is 103 cm³/mol. The molecule has 3 heterocycles. The highest BCUT2D eigenvalue weighted by Gasteiger charge is 2.53. The maximum absolute atomic E-state index is 13.0. The van der Waals surface area contributed by atoms with Crippen molar-refractivity contribution in [2.75, 3.05) is 13.7 Å². The number of aryl methyl sites for hydroxylation is 2. The summed E-state index contributed by atoms with van der Waals surface area (Å²) in [5.41, 5.74) is 1.38. The minimum absolute atomic E-state index is 0.0122. The number of amides is 3. The van der Waals surface area contributed by atoms with Crippen LogP contribution in [0.15, 0.2) is 28.7 Å². The Kier molecular flexibility index (Phi) is 4.01. The summed E-state index contributed by atoms with van der Waals surface area (Å²) in [6.45, 7) is 0.495. The van der Waals surface area contributed by atoms with Crippen LogP contribution in [0.1, 0.15) is 52.3 Å². The van der Waals surface area contributed by atoms with E-state index < -0.39 is 11.3 Å². The van der Waals surface area contributed by atoms with Crippen molar-refractivity contribution in [3.05, 3.63) is 52.5 Å². The van der Waals surface area contributed by atoms with Gasteiger partial charge in [-0.1, -0.05) is 6.07 Å². The zero-order valence-corrected chi connectivity index (χ0v) is 16.2. The first-order chi connectivity index (χ1) is 14.0. The van der Waals surface area contributed by atoms with Gasteiger partial charge in [-0.25, -0.2) is 0 Å². The van der Waals surface area contributed by atoms with E-state index in [9.17, 15) is 14.4 Å². The topological polar surface area (TPSA) is 88.8 Å². The number of hydrogen-bond donors (Lipinski definition) is 1. The lowest BCUT2D eigenvalue weighted by atomic mass is 9.82. The lowest BCUT2D eigenvalue weighted by Gasteiger charge is -2.28. The summed E-state index contributed by atoms with van der Waals surface area (Å²) in [4.78, 5) is 39.7. The summed E-state index contributed by atoms with van der Waals surface area (Å²) in [7, 11) is 1.56. The largest absolute Gasteiger partial charge is 0.497 e. The highest BCUT2D eigenvalue weighted by atomic mass is 16.5. The number of rotatable bonds is 4. The Morgan fingerprint density at radius 3 is 2.69 bits per heavy atom. The fraction of sp³-hybridized carbons (Fsp3) is 0.409. The van der Waals surface area contributed by atoms with E-state index in [1.165, 1.54) is 0 Å². The van der Waals surface area contributed by atoms with Crippen molar-refractivity contribution in [2.24, 2.45) is 0 Å². The molecule has 7 nitrogen and oxygen atoms in total. The molecule has 0 radical (unpaired) electrons. The molecule has 5 rings (SSSR count). The van der Waals surface area contributed by atoms with E-state index in [1.807, 2.05) is 18.2 Å². The van der Waals surface area contributed by atoms with Crippen LogP contribution in [0.25, 0.3) is 0 Å². The molecule has 29 heavy (non-hydrogen) atoms. The van der Waals surface area contributed by atoms with Gasteiger partial charge in [0.2, 0.25) is 11.8 Å². The van der Waals surface area contributed by atoms with Gasteiger partial charge in [-0.2, -0.15) is 0 Å². The Morgan fingerprint density at radius 1 is 1.14 bits per heavy atom. The first-order valence-electron chi connectivity index (χ1n) is 9.93. The van der Waals surface area contributed by atoms with Gasteiger partial charge in [0.1, 0.15) is 22.7 Å². The second-order valence-corrected chi connectivity index (χ2v) is 8.09. The Morgan fingerprint density at radius 2 is 1.97 bits per heavy atom. The molecule has 1 fully saturated rings. The van der Waals surface area contributed by atoms with Gasteiger partial charge < -0.3 is 14.1 Å². The molecule has 0 saturated carbocycles. The molecular formula is C22H22N2O5. The first-order valence-corrected chi connectivity index (χ1v) is 9.93. The minimum atomic E-state index is -1.18. The summed E-state index contributed by atoms with van der Waals surface area (Å²) in [5.74, 6) is 1.11. The number of nitrogens with zero attached hydrogens (tertiary/aromatic N) is 1. The average molecular weight is 394 g/mol. The van der Waals surface area contributed by atoms with Crippen molar-refractivity contribution in [3.8, 4) is 5.75 Å². The Hall–Kier alpha value is -3.09. The molecule has 1 atom stereocenters. The number of furan rings is 1. The van der Waals surface area contributed by atoms with Crippen molar-refractivity contribution in [1.29, 1.82) is 0 Å². The molecule has 3 amide bonds. The van der Waals surface area contributed by atoms with Gasteiger partial charge >= 0.3 is 0 Å². The fourth-order valence-electron chi connectivity index (χ4n) is 4.70. The van der Waals surface area contributed by atoms with Crippen LogP contribution >= 0.6 is 0 Å². The number of nitrogens with one attached hydrogen (secondary N) is 1. The molecule has 0 unspecified atom stereocenters. The number of benzene rings is 1. The second-order valence-electron chi connectivity index (χ2n) is 8.09. The Bertz CT molecular complexity index is 1020. The van der Waals surface area contributed by atoms with Crippen molar-refractivity contribution in [2.45, 2.75) is 44.1 Å². The smallest absolute Gasteiger partial charge is 0.254 e. The lowest BCUT2D eigenvalue weighted by molar-refractivity contribution is -0.127. The molecule has 1 aromatic heterocycles. The van der Waals surface area contributed by atoms with Gasteiger partial charge in [0.15, 0.2) is 0 Å². The number of hydrogen-bond acceptors (Lipinski definition) is 5. The molecule has 0 bridgehead atoms. The van der Waals surface area contributed by atoms with E-state index >= 15 is 0 Å². The molecule has 2 aromatic rings. The summed E-state index contributed by atoms with van der Waals surface area (Å²) < 4.78 is 11.3. The number of carbonyl (C=O) groups is 3. The molecular weight excluding hydrogens is 372 g/mol. The molecule has 1 N–H and O–H groups in total. The second kappa shape index (κ2) is 6.47. The number of carbonyl (C=O) groups excluding carboxylic acids is 3. The third-order valence-electron chi connectivity index (χ3n) is 6.27. The van der Waals surface area contributed by atoms with E-state index in [0.717, 1.165) is 42.6 Å². The number of methoxy groups -OCH3 is 1. The predicted octanol–water partition coefficient (Wildman–Crippen LogP) is 2.11. The van der Waals surface area contributed by atoms with Crippen molar-refractivity contribution in [1.82, 2.24) is 10.2 Å². The van der Waals surface area contributed by atoms with Crippen LogP contribution < -0.4 is 10.1 Å². The quantitative estimate of drug-likeness (QED) is 0.803. The van der Waals surface area contributed by atoms with E-state index in [-0.39, 0.29) is 24.8 Å². The normalized spacial score (nSPS) is 23.2. The van der Waals surface area contributed by atoms with Gasteiger partial charge in [0, 0.05) is 25.1 Å². The monoisotopic (exact) mass is 394 g/mol. The SMILES string of the molecule is COc1ccc2c(c1)C(=O)N(C[C@@]1(c3cc4c(o3)CCCC4)CC(=O)NC1=O)C2. The lowest BCUT2D eigenvalue weighted by Crippen LogP contribution is -2.46. The number of ether oxygens (including phenoxy) is 1. The van der Waals surface area contributed by atoms with Crippen LogP contribution in [0.2, 0.25) is 0 Å². The molecule has 1 saturated heterocycles. The molecule has 7 heteroatoms. The van der Waals surface area contributed by atoms with Crippen molar-refractivity contribution >= 4 is 17.7 Å². The molecule has 3 aliphatic rings. The van der Waals surface area contributed by atoms with E-state index in [2.05, 4.69) is 5.32 Å². The van der Waals surface area contributed by atoms with Crippen LogP contribution in [0.4, 0.5) is 0 Å². The van der Waals surface area contributed by atoms with Crippen LogP contribution in [0.3, 0.4) is 0 Å². The number of imide groups is 1. The van der Waals surface area contributed by atoms with E-state index in [1.54, 1.807) is 18.1 Å². The van der Waals surface area contributed by atoms with Gasteiger partial charge in [0.25, 0.3) is 5.91 Å². The molecule has 2 aliphatic heterocycles. The summed E-state index contributed by atoms with van der Waals surface area (Å²) in [5, 5.41) is 2.42. The first kappa shape index (κ1) is 18.0. The third-order valence-corrected chi connectivity index (χ3v) is 6.27. The van der Waals surface area contributed by atoms with Gasteiger partial charge in [-0.05, 0) is 48.6 Å². The van der Waals surface area contributed by atoms with Crippen LogP contribution in [-0.2, 0) is 34.4 Å². The molecule has 150 valence electrons. The average Bonchev–Trinajstić information content (AvgIpc) is 3.36. The van der Waals surface area contributed by atoms with E-state index in [4.69, 9.17) is 9.15 Å². The zero-order chi connectivity index (χ0) is 20.2. The third kappa shape index (κ3) is 2.75. The Labute approximate surface area is 168 Å². The number of fused-ring (bicyclic) bond motifs is 2. The van der Waals surface area contributed by atoms with Crippen LogP contribution in [0, 0.1) is 0 Å². The Balaban J connectivity index is 1.51. The summed E-state index contributed by atoms with van der Waals surface area (Å²) >= 11 is 0. The van der Waals surface area contributed by atoms with Crippen LogP contribution in [0.5, 0.6) is 5.75 Å².